The Bertz CT molecular complexity index is 1090. The maximum Gasteiger partial charge on any atom is 0.254 e. The van der Waals surface area contributed by atoms with Gasteiger partial charge in [0.05, 0.1) is 0 Å². The van der Waals surface area contributed by atoms with E-state index in [4.69, 9.17) is 16.3 Å². The number of hydrogen-bond acceptors (Lipinski definition) is 5. The average Bonchev–Trinajstić information content (AvgIpc) is 2.76. The summed E-state index contributed by atoms with van der Waals surface area (Å²) in [6, 6.07) is 13.0. The minimum atomic E-state index is -0.312. The van der Waals surface area contributed by atoms with Gasteiger partial charge in [-0.2, -0.15) is 0 Å². The van der Waals surface area contributed by atoms with Gasteiger partial charge in [-0.1, -0.05) is 11.6 Å². The Hall–Kier alpha value is -3.19. The van der Waals surface area contributed by atoms with E-state index in [0.29, 0.717) is 47.4 Å². The van der Waals surface area contributed by atoms with E-state index >= 15 is 0 Å². The molecule has 1 atom stereocenters. The highest BCUT2D eigenvalue weighted by Crippen LogP contribution is 2.27. The maximum absolute atomic E-state index is 13.3. The second-order valence-corrected chi connectivity index (χ2v) is 7.96. The maximum atomic E-state index is 13.3. The molecule has 0 unspecified atom stereocenters. The third-order valence-corrected chi connectivity index (χ3v) is 5.53. The zero-order valence-corrected chi connectivity index (χ0v) is 18.0. The van der Waals surface area contributed by atoms with Gasteiger partial charge in [0.25, 0.3) is 5.91 Å². The second-order valence-electron chi connectivity index (χ2n) is 7.53. The molecular weight excluding hydrogens is 419 g/mol. The van der Waals surface area contributed by atoms with Crippen molar-refractivity contribution in [1.29, 1.82) is 0 Å². The minimum absolute atomic E-state index is 0.00407. The van der Waals surface area contributed by atoms with Gasteiger partial charge in [-0.25, -0.2) is 14.4 Å². The van der Waals surface area contributed by atoms with E-state index in [2.05, 4.69) is 14.9 Å². The van der Waals surface area contributed by atoms with Crippen LogP contribution in [0, 0.1) is 12.7 Å². The highest BCUT2D eigenvalue weighted by atomic mass is 35.5. The van der Waals surface area contributed by atoms with Crippen molar-refractivity contribution in [2.75, 3.05) is 24.5 Å². The predicted octanol–water partition coefficient (Wildman–Crippen LogP) is 4.72. The molecule has 8 heteroatoms. The molecule has 1 aromatic heterocycles. The van der Waals surface area contributed by atoms with Crippen molar-refractivity contribution in [2.24, 2.45) is 0 Å². The van der Waals surface area contributed by atoms with Crippen molar-refractivity contribution in [1.82, 2.24) is 14.9 Å². The van der Waals surface area contributed by atoms with E-state index in [1.165, 1.54) is 18.5 Å². The Balaban J connectivity index is 1.45. The van der Waals surface area contributed by atoms with E-state index in [1.54, 1.807) is 43.3 Å². The number of hydrogen-bond donors (Lipinski definition) is 0. The SMILES string of the molecule is Cc1cc(F)ccc1Oc1cc(N2CCN(C(=O)c3ccc(Cl)cc3)[C@H](C)C2)ncn1. The van der Waals surface area contributed by atoms with Gasteiger partial charge in [0.15, 0.2) is 0 Å². The van der Waals surface area contributed by atoms with Gasteiger partial charge in [-0.3, -0.25) is 4.79 Å². The largest absolute Gasteiger partial charge is 0.439 e. The molecule has 0 N–H and O–H groups in total. The number of aryl methyl sites for hydroxylation is 1. The van der Waals surface area contributed by atoms with Crippen LogP contribution in [-0.4, -0.2) is 46.5 Å². The zero-order valence-electron chi connectivity index (χ0n) is 17.3. The van der Waals surface area contributed by atoms with Crippen LogP contribution < -0.4 is 9.64 Å². The summed E-state index contributed by atoms with van der Waals surface area (Å²) in [5.41, 5.74) is 1.31. The Morgan fingerprint density at radius 2 is 1.90 bits per heavy atom. The summed E-state index contributed by atoms with van der Waals surface area (Å²) >= 11 is 5.93. The summed E-state index contributed by atoms with van der Waals surface area (Å²) < 4.78 is 19.2. The number of anilines is 1. The Kier molecular flexibility index (Phi) is 6.04. The molecule has 160 valence electrons. The quantitative estimate of drug-likeness (QED) is 0.587. The van der Waals surface area contributed by atoms with Crippen LogP contribution in [0.5, 0.6) is 11.6 Å². The van der Waals surface area contributed by atoms with Gasteiger partial charge in [0.1, 0.15) is 23.7 Å². The van der Waals surface area contributed by atoms with Gasteiger partial charge < -0.3 is 14.5 Å². The number of amides is 1. The summed E-state index contributed by atoms with van der Waals surface area (Å²) in [5.74, 6) is 1.32. The van der Waals surface area contributed by atoms with Gasteiger partial charge >= 0.3 is 0 Å². The molecule has 31 heavy (non-hydrogen) atoms. The summed E-state index contributed by atoms with van der Waals surface area (Å²) in [6.45, 7) is 5.63. The van der Waals surface area contributed by atoms with Crippen LogP contribution in [0.3, 0.4) is 0 Å². The molecule has 1 aliphatic heterocycles. The van der Waals surface area contributed by atoms with Crippen LogP contribution in [0.25, 0.3) is 0 Å². The number of carbonyl (C=O) groups excluding carboxylic acids is 1. The van der Waals surface area contributed by atoms with Crippen LogP contribution in [0.15, 0.2) is 54.9 Å². The van der Waals surface area contributed by atoms with Crippen LogP contribution in [0.2, 0.25) is 5.02 Å². The Morgan fingerprint density at radius 1 is 1.13 bits per heavy atom. The lowest BCUT2D eigenvalue weighted by Gasteiger charge is -2.40. The number of aromatic nitrogens is 2. The second kappa shape index (κ2) is 8.89. The van der Waals surface area contributed by atoms with Crippen LogP contribution >= 0.6 is 11.6 Å². The van der Waals surface area contributed by atoms with Crippen molar-refractivity contribution in [2.45, 2.75) is 19.9 Å². The first-order chi connectivity index (χ1) is 14.9. The molecule has 3 aromatic rings. The lowest BCUT2D eigenvalue weighted by molar-refractivity contribution is 0.0673. The molecule has 0 saturated carbocycles. The highest BCUT2D eigenvalue weighted by Gasteiger charge is 2.29. The van der Waals surface area contributed by atoms with Crippen molar-refractivity contribution in [3.8, 4) is 11.6 Å². The van der Waals surface area contributed by atoms with E-state index < -0.39 is 0 Å². The summed E-state index contributed by atoms with van der Waals surface area (Å²) in [5, 5.41) is 0.604. The molecule has 0 bridgehead atoms. The number of nitrogens with zero attached hydrogens (tertiary/aromatic N) is 4. The fourth-order valence-corrected chi connectivity index (χ4v) is 3.75. The third kappa shape index (κ3) is 4.77. The number of piperazine rings is 1. The fraction of sp³-hybridized carbons (Fsp3) is 0.261. The first-order valence-electron chi connectivity index (χ1n) is 9.98. The third-order valence-electron chi connectivity index (χ3n) is 5.28. The van der Waals surface area contributed by atoms with Crippen molar-refractivity contribution in [3.05, 3.63) is 76.8 Å². The molecule has 4 rings (SSSR count). The standard InChI is InChI=1S/C23H22ClFN4O2/c1-15-11-19(25)7-8-20(15)31-22-12-21(26-14-27-22)28-9-10-29(16(2)13-28)23(30)17-3-5-18(24)6-4-17/h3-8,11-12,14,16H,9-10,13H2,1-2H3/t16-/m1/s1. The molecule has 2 aromatic carbocycles. The summed E-state index contributed by atoms with van der Waals surface area (Å²) in [7, 11) is 0. The molecule has 2 heterocycles. The number of benzene rings is 2. The molecule has 0 spiro atoms. The molecule has 1 aliphatic rings. The fourth-order valence-electron chi connectivity index (χ4n) is 3.62. The number of rotatable bonds is 4. The molecule has 1 amide bonds. The zero-order chi connectivity index (χ0) is 22.0. The summed E-state index contributed by atoms with van der Waals surface area (Å²) in [6.07, 6.45) is 1.44. The first-order valence-corrected chi connectivity index (χ1v) is 10.4. The van der Waals surface area contributed by atoms with E-state index in [1.807, 2.05) is 11.8 Å². The Labute approximate surface area is 185 Å². The van der Waals surface area contributed by atoms with E-state index in [-0.39, 0.29) is 17.8 Å². The van der Waals surface area contributed by atoms with Crippen LogP contribution in [0.4, 0.5) is 10.2 Å². The topological polar surface area (TPSA) is 58.6 Å². The number of ether oxygens (including phenoxy) is 1. The monoisotopic (exact) mass is 440 g/mol. The lowest BCUT2D eigenvalue weighted by atomic mass is 10.1. The molecule has 1 fully saturated rings. The van der Waals surface area contributed by atoms with Crippen LogP contribution in [0.1, 0.15) is 22.8 Å². The molecule has 1 saturated heterocycles. The molecule has 6 nitrogen and oxygen atoms in total. The summed E-state index contributed by atoms with van der Waals surface area (Å²) in [4.78, 5) is 25.4. The normalized spacial score (nSPS) is 16.3. The molecule has 0 radical (unpaired) electrons. The highest BCUT2D eigenvalue weighted by molar-refractivity contribution is 6.30. The lowest BCUT2D eigenvalue weighted by Crippen LogP contribution is -2.54. The number of halogens is 2. The van der Waals surface area contributed by atoms with Gasteiger partial charge in [-0.15, -0.1) is 0 Å². The minimum Gasteiger partial charge on any atom is -0.439 e. The smallest absolute Gasteiger partial charge is 0.254 e. The van der Waals surface area contributed by atoms with Crippen molar-refractivity contribution in [3.63, 3.8) is 0 Å². The van der Waals surface area contributed by atoms with Crippen molar-refractivity contribution < 1.29 is 13.9 Å². The van der Waals surface area contributed by atoms with E-state index in [0.717, 1.165) is 5.82 Å². The predicted molar refractivity (Wildman–Crippen MR) is 117 cm³/mol. The van der Waals surface area contributed by atoms with E-state index in [9.17, 15) is 9.18 Å². The van der Waals surface area contributed by atoms with Gasteiger partial charge in [0, 0.05) is 42.3 Å². The first kappa shape index (κ1) is 21.1. The van der Waals surface area contributed by atoms with Gasteiger partial charge in [0.2, 0.25) is 5.88 Å². The molecular formula is C23H22ClFN4O2. The van der Waals surface area contributed by atoms with Gasteiger partial charge in [-0.05, 0) is 61.9 Å². The molecule has 0 aliphatic carbocycles. The number of carbonyl (C=O) groups is 1. The average molecular weight is 441 g/mol. The van der Waals surface area contributed by atoms with Crippen molar-refractivity contribution >= 4 is 23.3 Å². The Morgan fingerprint density at radius 3 is 2.61 bits per heavy atom. The van der Waals surface area contributed by atoms with Crippen LogP contribution in [-0.2, 0) is 0 Å².